The smallest absolute Gasteiger partial charge is 0.336 e. The maximum Gasteiger partial charge on any atom is 0.336 e. The van der Waals surface area contributed by atoms with Crippen LogP contribution in [0.1, 0.15) is 15.9 Å². The molecule has 1 aromatic heterocycles. The number of carbonyl (C=O) groups is 1. The number of ether oxygens (including phenoxy) is 1. The van der Waals surface area contributed by atoms with Crippen molar-refractivity contribution in [3.63, 3.8) is 0 Å². The lowest BCUT2D eigenvalue weighted by Gasteiger charge is -2.12. The van der Waals surface area contributed by atoms with E-state index in [0.29, 0.717) is 10.6 Å². The van der Waals surface area contributed by atoms with E-state index in [-0.39, 0.29) is 21.2 Å². The predicted octanol–water partition coefficient (Wildman–Crippen LogP) is 3.22. The molecule has 6 nitrogen and oxygen atoms in total. The maximum absolute atomic E-state index is 12.3. The number of nitrogens with one attached hydrogen (secondary N) is 1. The number of aromatic carboxylic acids is 1. The number of aryl methyl sites for hydroxylation is 1. The van der Waals surface area contributed by atoms with Crippen molar-refractivity contribution in [1.29, 1.82) is 0 Å². The standard InChI is InChI=1S/C13H12ClNO5S2/c1-7-3-10(11(20-2)5-9(7)14)15-22(18,19)12-4-8(6-21-12)13(16)17/h3-6,15H,1-2H3,(H,16,17). The normalized spacial score (nSPS) is 11.2. The summed E-state index contributed by atoms with van der Waals surface area (Å²) in [6.45, 7) is 1.73. The minimum absolute atomic E-state index is 0.0790. The van der Waals surface area contributed by atoms with Crippen molar-refractivity contribution in [3.8, 4) is 5.75 Å². The van der Waals surface area contributed by atoms with Crippen LogP contribution in [0.3, 0.4) is 0 Å². The van der Waals surface area contributed by atoms with E-state index in [1.165, 1.54) is 18.6 Å². The molecule has 2 aromatic rings. The third-order valence-corrected chi connectivity index (χ3v) is 6.02. The fraction of sp³-hybridized carbons (Fsp3) is 0.154. The molecule has 0 spiro atoms. The highest BCUT2D eigenvalue weighted by Gasteiger charge is 2.21. The molecule has 0 amide bonds. The first-order valence-corrected chi connectivity index (χ1v) is 8.67. The molecule has 0 radical (unpaired) electrons. The Morgan fingerprint density at radius 2 is 2.05 bits per heavy atom. The first kappa shape index (κ1) is 16.6. The minimum Gasteiger partial charge on any atom is -0.495 e. The van der Waals surface area contributed by atoms with Crippen molar-refractivity contribution in [2.45, 2.75) is 11.1 Å². The largest absolute Gasteiger partial charge is 0.495 e. The van der Waals surface area contributed by atoms with Gasteiger partial charge in [0.15, 0.2) is 0 Å². The van der Waals surface area contributed by atoms with Gasteiger partial charge in [0.1, 0.15) is 9.96 Å². The van der Waals surface area contributed by atoms with Crippen molar-refractivity contribution in [1.82, 2.24) is 0 Å². The topological polar surface area (TPSA) is 92.7 Å². The summed E-state index contributed by atoms with van der Waals surface area (Å²) < 4.78 is 32.0. The van der Waals surface area contributed by atoms with Gasteiger partial charge in [-0.1, -0.05) is 11.6 Å². The van der Waals surface area contributed by atoms with E-state index in [1.807, 2.05) is 0 Å². The summed E-state index contributed by atoms with van der Waals surface area (Å²) in [6.07, 6.45) is 0. The van der Waals surface area contributed by atoms with Crippen LogP contribution in [0.15, 0.2) is 27.8 Å². The van der Waals surface area contributed by atoms with Gasteiger partial charge in [0, 0.05) is 16.5 Å². The number of anilines is 1. The highest BCUT2D eigenvalue weighted by molar-refractivity contribution is 7.94. The van der Waals surface area contributed by atoms with Gasteiger partial charge in [-0.25, -0.2) is 13.2 Å². The molecule has 0 aliphatic rings. The van der Waals surface area contributed by atoms with Crippen LogP contribution < -0.4 is 9.46 Å². The van der Waals surface area contributed by atoms with Gasteiger partial charge in [-0.2, -0.15) is 0 Å². The molecule has 0 aliphatic carbocycles. The quantitative estimate of drug-likeness (QED) is 0.852. The summed E-state index contributed by atoms with van der Waals surface area (Å²) in [5, 5.41) is 10.6. The van der Waals surface area contributed by atoms with Crippen LogP contribution in [0.5, 0.6) is 5.75 Å². The molecule has 1 aromatic carbocycles. The van der Waals surface area contributed by atoms with Crippen molar-refractivity contribution < 1.29 is 23.1 Å². The Balaban J connectivity index is 2.40. The fourth-order valence-corrected chi connectivity index (χ4v) is 4.05. The molecule has 0 saturated carbocycles. The first-order valence-electron chi connectivity index (χ1n) is 5.93. The summed E-state index contributed by atoms with van der Waals surface area (Å²) in [6, 6.07) is 4.15. The SMILES string of the molecule is COc1cc(Cl)c(C)cc1NS(=O)(=O)c1cc(C(=O)O)cs1. The molecule has 22 heavy (non-hydrogen) atoms. The number of carboxylic acids is 1. The number of halogens is 1. The minimum atomic E-state index is -3.91. The molecular formula is C13H12ClNO5S2. The van der Waals surface area contributed by atoms with E-state index in [2.05, 4.69) is 4.72 Å². The van der Waals surface area contributed by atoms with Crippen molar-refractivity contribution in [2.24, 2.45) is 0 Å². The summed E-state index contributed by atoms with van der Waals surface area (Å²) in [4.78, 5) is 10.8. The molecule has 1 heterocycles. The van der Waals surface area contributed by atoms with Crippen LogP contribution in [0.4, 0.5) is 5.69 Å². The second kappa shape index (κ2) is 6.15. The Kier molecular flexibility index (Phi) is 4.64. The Labute approximate surface area is 136 Å². The van der Waals surface area contributed by atoms with Crippen molar-refractivity contribution in [3.05, 3.63) is 39.7 Å². The van der Waals surface area contributed by atoms with Gasteiger partial charge in [0.2, 0.25) is 0 Å². The monoisotopic (exact) mass is 361 g/mol. The summed E-state index contributed by atoms with van der Waals surface area (Å²) in [7, 11) is -2.51. The van der Waals surface area contributed by atoms with Gasteiger partial charge in [0.05, 0.1) is 18.4 Å². The van der Waals surface area contributed by atoms with E-state index >= 15 is 0 Å². The average molecular weight is 362 g/mol. The molecule has 2 N–H and O–H groups in total. The van der Waals surface area contributed by atoms with E-state index < -0.39 is 16.0 Å². The zero-order valence-electron chi connectivity index (χ0n) is 11.6. The van der Waals surface area contributed by atoms with E-state index in [4.69, 9.17) is 21.4 Å². The number of methoxy groups -OCH3 is 1. The Morgan fingerprint density at radius 3 is 2.59 bits per heavy atom. The van der Waals surface area contributed by atoms with E-state index in [0.717, 1.165) is 17.4 Å². The molecule has 0 unspecified atom stereocenters. The van der Waals surface area contributed by atoms with Crippen LogP contribution in [0.2, 0.25) is 5.02 Å². The lowest BCUT2D eigenvalue weighted by atomic mass is 10.2. The molecule has 118 valence electrons. The molecular weight excluding hydrogens is 350 g/mol. The lowest BCUT2D eigenvalue weighted by molar-refractivity contribution is 0.0697. The Hall–Kier alpha value is -1.77. The van der Waals surface area contributed by atoms with Crippen molar-refractivity contribution in [2.75, 3.05) is 11.8 Å². The molecule has 0 bridgehead atoms. The Bertz CT molecular complexity index is 829. The van der Waals surface area contributed by atoms with Crippen LogP contribution in [0, 0.1) is 6.92 Å². The van der Waals surface area contributed by atoms with E-state index in [9.17, 15) is 13.2 Å². The summed E-state index contributed by atoms with van der Waals surface area (Å²) in [5.74, 6) is -0.910. The van der Waals surface area contributed by atoms with Crippen molar-refractivity contribution >= 4 is 44.6 Å². The number of rotatable bonds is 5. The van der Waals surface area contributed by atoms with Gasteiger partial charge in [-0.05, 0) is 24.6 Å². The predicted molar refractivity (Wildman–Crippen MR) is 84.8 cm³/mol. The zero-order valence-corrected chi connectivity index (χ0v) is 14.0. The average Bonchev–Trinajstić information content (AvgIpc) is 2.93. The van der Waals surface area contributed by atoms with E-state index in [1.54, 1.807) is 13.0 Å². The zero-order chi connectivity index (χ0) is 16.5. The van der Waals surface area contributed by atoms with Gasteiger partial charge in [-0.15, -0.1) is 11.3 Å². The maximum atomic E-state index is 12.3. The van der Waals surface area contributed by atoms with Gasteiger partial charge in [-0.3, -0.25) is 4.72 Å². The van der Waals surface area contributed by atoms with Gasteiger partial charge < -0.3 is 9.84 Å². The van der Waals surface area contributed by atoms with Gasteiger partial charge >= 0.3 is 5.97 Å². The first-order chi connectivity index (χ1) is 10.2. The second-order valence-corrected chi connectivity index (χ2v) is 7.59. The molecule has 0 aliphatic heterocycles. The lowest BCUT2D eigenvalue weighted by Crippen LogP contribution is -2.12. The van der Waals surface area contributed by atoms with Crippen LogP contribution in [-0.2, 0) is 10.0 Å². The molecule has 0 fully saturated rings. The van der Waals surface area contributed by atoms with Crippen LogP contribution >= 0.6 is 22.9 Å². The highest BCUT2D eigenvalue weighted by Crippen LogP contribution is 2.33. The fourth-order valence-electron chi connectivity index (χ4n) is 1.68. The molecule has 0 saturated heterocycles. The number of benzene rings is 1. The third kappa shape index (κ3) is 3.34. The summed E-state index contributed by atoms with van der Waals surface area (Å²) >= 11 is 6.80. The Morgan fingerprint density at radius 1 is 1.36 bits per heavy atom. The summed E-state index contributed by atoms with van der Waals surface area (Å²) in [5.41, 5.74) is 0.830. The highest BCUT2D eigenvalue weighted by atomic mass is 35.5. The van der Waals surface area contributed by atoms with Crippen LogP contribution in [0.25, 0.3) is 0 Å². The molecule has 9 heteroatoms. The number of sulfonamides is 1. The number of thiophene rings is 1. The molecule has 2 rings (SSSR count). The van der Waals surface area contributed by atoms with Crippen LogP contribution in [-0.4, -0.2) is 26.6 Å². The third-order valence-electron chi connectivity index (χ3n) is 2.81. The second-order valence-electron chi connectivity index (χ2n) is 4.37. The number of carboxylic acid groups (broad SMARTS) is 1. The molecule has 0 atom stereocenters. The van der Waals surface area contributed by atoms with Gasteiger partial charge in [0.25, 0.3) is 10.0 Å². The number of hydrogen-bond donors (Lipinski definition) is 2. The number of hydrogen-bond acceptors (Lipinski definition) is 5.